The Morgan fingerprint density at radius 3 is 2.68 bits per heavy atom. The lowest BCUT2D eigenvalue weighted by Crippen LogP contribution is -2.25. The molecule has 1 nitrogen and oxygen atoms in total. The highest BCUT2D eigenvalue weighted by molar-refractivity contribution is 5.42. The van der Waals surface area contributed by atoms with Crippen LogP contribution in [0.4, 0.5) is 0 Å². The van der Waals surface area contributed by atoms with Crippen LogP contribution in [-0.4, -0.2) is 5.11 Å². The minimum absolute atomic E-state index is 0.687. The maximum atomic E-state index is 11.0. The number of benzene rings is 2. The summed E-state index contributed by atoms with van der Waals surface area (Å²) in [5.74, 6) is 0. The molecule has 0 heterocycles. The minimum atomic E-state index is -0.687. The molecule has 0 aliphatic heterocycles. The molecule has 3 rings (SSSR count). The average molecular weight is 252 g/mol. The van der Waals surface area contributed by atoms with Crippen LogP contribution in [0.25, 0.3) is 0 Å². The molecule has 0 fully saturated rings. The molecular formula is C18H20O. The lowest BCUT2D eigenvalue weighted by molar-refractivity contribution is 0.0388. The predicted molar refractivity (Wildman–Crippen MR) is 78.3 cm³/mol. The van der Waals surface area contributed by atoms with Gasteiger partial charge in [-0.15, -0.1) is 0 Å². The van der Waals surface area contributed by atoms with E-state index in [4.69, 9.17) is 0 Å². The van der Waals surface area contributed by atoms with Crippen molar-refractivity contribution in [3.05, 3.63) is 70.3 Å². The molecule has 1 unspecified atom stereocenters. The van der Waals surface area contributed by atoms with E-state index in [0.717, 1.165) is 24.8 Å². The maximum absolute atomic E-state index is 11.0. The zero-order chi connectivity index (χ0) is 13.5. The summed E-state index contributed by atoms with van der Waals surface area (Å²) < 4.78 is 0. The lowest BCUT2D eigenvalue weighted by atomic mass is 9.87. The SMILES string of the molecule is Cc1ccc2c(c1)C(O)(Cc1ccccc1C)CC2. The van der Waals surface area contributed by atoms with E-state index in [9.17, 15) is 5.11 Å². The van der Waals surface area contributed by atoms with Gasteiger partial charge in [-0.3, -0.25) is 0 Å². The van der Waals surface area contributed by atoms with E-state index in [1.165, 1.54) is 22.3 Å². The van der Waals surface area contributed by atoms with Crippen LogP contribution >= 0.6 is 0 Å². The molecule has 0 saturated carbocycles. The number of fused-ring (bicyclic) bond motifs is 1. The van der Waals surface area contributed by atoms with Crippen molar-refractivity contribution in [2.75, 3.05) is 0 Å². The van der Waals surface area contributed by atoms with E-state index in [-0.39, 0.29) is 0 Å². The van der Waals surface area contributed by atoms with Crippen molar-refractivity contribution in [3.63, 3.8) is 0 Å². The second-order valence-corrected chi connectivity index (χ2v) is 5.80. The Hall–Kier alpha value is -1.60. The van der Waals surface area contributed by atoms with E-state index < -0.39 is 5.60 Å². The molecule has 1 heteroatoms. The van der Waals surface area contributed by atoms with Crippen molar-refractivity contribution in [1.29, 1.82) is 0 Å². The predicted octanol–water partition coefficient (Wildman–Crippen LogP) is 3.68. The molecule has 0 spiro atoms. The smallest absolute Gasteiger partial charge is 0.0942 e. The standard InChI is InChI=1S/C18H20O/c1-13-7-8-15-9-10-18(19,17(15)11-13)12-16-6-4-3-5-14(16)2/h3-8,11,19H,9-10,12H2,1-2H3. The van der Waals surface area contributed by atoms with Crippen LogP contribution in [0.1, 0.15) is 34.2 Å². The number of rotatable bonds is 2. The monoisotopic (exact) mass is 252 g/mol. The second-order valence-electron chi connectivity index (χ2n) is 5.80. The summed E-state index contributed by atoms with van der Waals surface area (Å²) in [6.07, 6.45) is 2.54. The van der Waals surface area contributed by atoms with Gasteiger partial charge in [-0.25, -0.2) is 0 Å². The Kier molecular flexibility index (Phi) is 2.94. The first-order valence-corrected chi connectivity index (χ1v) is 6.95. The fourth-order valence-corrected chi connectivity index (χ4v) is 3.12. The fraction of sp³-hybridized carbons (Fsp3) is 0.333. The molecule has 98 valence electrons. The van der Waals surface area contributed by atoms with Crippen molar-refractivity contribution in [3.8, 4) is 0 Å². The van der Waals surface area contributed by atoms with Crippen molar-refractivity contribution in [2.45, 2.75) is 38.7 Å². The van der Waals surface area contributed by atoms with Gasteiger partial charge in [-0.05, 0) is 48.9 Å². The largest absolute Gasteiger partial charge is 0.385 e. The van der Waals surface area contributed by atoms with Gasteiger partial charge < -0.3 is 5.11 Å². The van der Waals surface area contributed by atoms with Crippen molar-refractivity contribution < 1.29 is 5.11 Å². The third-order valence-electron chi connectivity index (χ3n) is 4.32. The zero-order valence-electron chi connectivity index (χ0n) is 11.6. The van der Waals surface area contributed by atoms with Gasteiger partial charge in [0.1, 0.15) is 0 Å². The van der Waals surface area contributed by atoms with Crippen molar-refractivity contribution in [2.24, 2.45) is 0 Å². The Labute approximate surface area is 114 Å². The molecule has 1 N–H and O–H groups in total. The Balaban J connectivity index is 1.99. The molecule has 1 atom stereocenters. The quantitative estimate of drug-likeness (QED) is 0.864. The first-order chi connectivity index (χ1) is 9.08. The van der Waals surface area contributed by atoms with Crippen molar-refractivity contribution in [1.82, 2.24) is 0 Å². The summed E-state index contributed by atoms with van der Waals surface area (Å²) in [5, 5.41) is 11.0. The van der Waals surface area contributed by atoms with Gasteiger partial charge in [0.2, 0.25) is 0 Å². The number of aliphatic hydroxyl groups is 1. The van der Waals surface area contributed by atoms with Gasteiger partial charge in [0.25, 0.3) is 0 Å². The molecule has 0 aromatic heterocycles. The van der Waals surface area contributed by atoms with E-state index in [1.807, 2.05) is 0 Å². The molecule has 19 heavy (non-hydrogen) atoms. The number of hydrogen-bond donors (Lipinski definition) is 1. The van der Waals surface area contributed by atoms with Crippen LogP contribution in [-0.2, 0) is 18.4 Å². The van der Waals surface area contributed by atoms with Gasteiger partial charge in [-0.1, -0.05) is 48.0 Å². The third-order valence-corrected chi connectivity index (χ3v) is 4.32. The van der Waals surface area contributed by atoms with Gasteiger partial charge in [0.15, 0.2) is 0 Å². The molecule has 0 bridgehead atoms. The normalized spacial score (nSPS) is 21.4. The molecule has 1 aliphatic rings. The Morgan fingerprint density at radius 2 is 1.89 bits per heavy atom. The summed E-state index contributed by atoms with van der Waals surface area (Å²) in [5.41, 5.74) is 5.49. The number of aryl methyl sites for hydroxylation is 3. The van der Waals surface area contributed by atoms with Crippen LogP contribution in [0.3, 0.4) is 0 Å². The summed E-state index contributed by atoms with van der Waals surface area (Å²) in [6.45, 7) is 4.21. The Bertz CT molecular complexity index is 615. The summed E-state index contributed by atoms with van der Waals surface area (Å²) >= 11 is 0. The highest BCUT2D eigenvalue weighted by atomic mass is 16.3. The maximum Gasteiger partial charge on any atom is 0.0942 e. The van der Waals surface area contributed by atoms with E-state index in [2.05, 4.69) is 56.3 Å². The molecule has 0 amide bonds. The van der Waals surface area contributed by atoms with Crippen LogP contribution in [0.15, 0.2) is 42.5 Å². The summed E-state index contributed by atoms with van der Waals surface area (Å²) in [7, 11) is 0. The van der Waals surface area contributed by atoms with E-state index in [1.54, 1.807) is 0 Å². The van der Waals surface area contributed by atoms with Crippen LogP contribution in [0.5, 0.6) is 0 Å². The highest BCUT2D eigenvalue weighted by Crippen LogP contribution is 2.40. The van der Waals surface area contributed by atoms with E-state index in [0.29, 0.717) is 0 Å². The number of hydrogen-bond acceptors (Lipinski definition) is 1. The molecular weight excluding hydrogens is 232 g/mol. The molecule has 2 aromatic rings. The average Bonchev–Trinajstić information content (AvgIpc) is 2.70. The van der Waals surface area contributed by atoms with Crippen LogP contribution in [0.2, 0.25) is 0 Å². The first kappa shape index (κ1) is 12.4. The lowest BCUT2D eigenvalue weighted by Gasteiger charge is -2.25. The van der Waals surface area contributed by atoms with Gasteiger partial charge in [0.05, 0.1) is 5.60 Å². The molecule has 0 saturated heterocycles. The van der Waals surface area contributed by atoms with Crippen LogP contribution < -0.4 is 0 Å². The molecule has 2 aromatic carbocycles. The first-order valence-electron chi connectivity index (χ1n) is 6.95. The van der Waals surface area contributed by atoms with Gasteiger partial charge in [0, 0.05) is 6.42 Å². The van der Waals surface area contributed by atoms with Gasteiger partial charge in [-0.2, -0.15) is 0 Å². The Morgan fingerprint density at radius 1 is 1.11 bits per heavy atom. The van der Waals surface area contributed by atoms with Gasteiger partial charge >= 0.3 is 0 Å². The molecule has 0 radical (unpaired) electrons. The third kappa shape index (κ3) is 2.19. The highest BCUT2D eigenvalue weighted by Gasteiger charge is 2.36. The zero-order valence-corrected chi connectivity index (χ0v) is 11.6. The summed E-state index contributed by atoms with van der Waals surface area (Å²) in [4.78, 5) is 0. The van der Waals surface area contributed by atoms with Crippen LogP contribution in [0, 0.1) is 13.8 Å². The fourth-order valence-electron chi connectivity index (χ4n) is 3.12. The second kappa shape index (κ2) is 4.50. The molecule has 1 aliphatic carbocycles. The summed E-state index contributed by atoms with van der Waals surface area (Å²) in [6, 6.07) is 14.8. The van der Waals surface area contributed by atoms with E-state index >= 15 is 0 Å². The minimum Gasteiger partial charge on any atom is -0.385 e. The van der Waals surface area contributed by atoms with Crippen molar-refractivity contribution >= 4 is 0 Å². The topological polar surface area (TPSA) is 20.2 Å².